The summed E-state index contributed by atoms with van der Waals surface area (Å²) in [5.41, 5.74) is 7.59. The van der Waals surface area contributed by atoms with Crippen molar-refractivity contribution >= 4 is 33.3 Å². The van der Waals surface area contributed by atoms with E-state index in [2.05, 4.69) is 31.5 Å². The molecular weight excluding hydrogens is 308 g/mol. The number of primary amides is 1. The zero-order chi connectivity index (χ0) is 13.7. The van der Waals surface area contributed by atoms with E-state index in [1.807, 2.05) is 24.3 Å². The summed E-state index contributed by atoms with van der Waals surface area (Å²) in [6.45, 7) is 0.635. The van der Waals surface area contributed by atoms with Crippen LogP contribution in [0.4, 0.5) is 16.2 Å². The van der Waals surface area contributed by atoms with Crippen molar-refractivity contribution in [1.29, 1.82) is 0 Å². The number of benzene rings is 1. The molecule has 1 aromatic carbocycles. The second-order valence-corrected chi connectivity index (χ2v) is 4.80. The van der Waals surface area contributed by atoms with Gasteiger partial charge in [0.05, 0.1) is 12.2 Å². The number of pyridine rings is 1. The SMILES string of the molecule is NC(=O)Nc1ccc(NCc2ccc(Br)cn2)cc1. The van der Waals surface area contributed by atoms with Crippen molar-refractivity contribution in [3.05, 3.63) is 52.8 Å². The molecule has 0 bridgehead atoms. The molecule has 0 unspecified atom stereocenters. The van der Waals surface area contributed by atoms with E-state index in [0.717, 1.165) is 15.9 Å². The molecule has 2 aromatic rings. The van der Waals surface area contributed by atoms with Gasteiger partial charge in [-0.3, -0.25) is 4.98 Å². The van der Waals surface area contributed by atoms with Gasteiger partial charge in [-0.2, -0.15) is 0 Å². The minimum atomic E-state index is -0.570. The summed E-state index contributed by atoms with van der Waals surface area (Å²) in [5, 5.41) is 5.74. The number of amides is 2. The van der Waals surface area contributed by atoms with E-state index in [0.29, 0.717) is 12.2 Å². The number of anilines is 2. The molecule has 0 spiro atoms. The van der Waals surface area contributed by atoms with Crippen LogP contribution in [-0.4, -0.2) is 11.0 Å². The number of rotatable bonds is 4. The minimum Gasteiger partial charge on any atom is -0.379 e. The van der Waals surface area contributed by atoms with Gasteiger partial charge in [0.1, 0.15) is 0 Å². The maximum atomic E-state index is 10.7. The molecule has 6 heteroatoms. The number of nitrogens with one attached hydrogen (secondary N) is 2. The molecule has 0 fully saturated rings. The number of hydrogen-bond acceptors (Lipinski definition) is 3. The first-order chi connectivity index (χ1) is 9.13. The van der Waals surface area contributed by atoms with Crippen LogP contribution in [0.2, 0.25) is 0 Å². The van der Waals surface area contributed by atoms with E-state index in [-0.39, 0.29) is 0 Å². The number of nitrogens with zero attached hydrogens (tertiary/aromatic N) is 1. The lowest BCUT2D eigenvalue weighted by atomic mass is 10.2. The summed E-state index contributed by atoms with van der Waals surface area (Å²) in [7, 11) is 0. The Morgan fingerprint density at radius 1 is 1.16 bits per heavy atom. The molecule has 1 heterocycles. The number of urea groups is 1. The second-order valence-electron chi connectivity index (χ2n) is 3.89. The summed E-state index contributed by atoms with van der Waals surface area (Å²) in [6.07, 6.45) is 1.76. The molecule has 0 radical (unpaired) electrons. The number of nitrogens with two attached hydrogens (primary N) is 1. The third-order valence-corrected chi connectivity index (χ3v) is 2.88. The van der Waals surface area contributed by atoms with Gasteiger partial charge in [0.25, 0.3) is 0 Å². The summed E-state index contributed by atoms with van der Waals surface area (Å²) >= 11 is 3.34. The highest BCUT2D eigenvalue weighted by Crippen LogP contribution is 2.14. The second kappa shape index (κ2) is 6.19. The molecule has 1 aromatic heterocycles. The number of halogens is 1. The lowest BCUT2D eigenvalue weighted by Gasteiger charge is -2.07. The highest BCUT2D eigenvalue weighted by atomic mass is 79.9. The molecule has 4 N–H and O–H groups in total. The predicted octanol–water partition coefficient (Wildman–Crippen LogP) is 2.95. The molecule has 0 aliphatic carbocycles. The van der Waals surface area contributed by atoms with Crippen LogP contribution < -0.4 is 16.4 Å². The third-order valence-electron chi connectivity index (χ3n) is 2.41. The summed E-state index contributed by atoms with van der Waals surface area (Å²) in [5.74, 6) is 0. The number of aromatic nitrogens is 1. The Hall–Kier alpha value is -2.08. The van der Waals surface area contributed by atoms with Crippen molar-refractivity contribution < 1.29 is 4.79 Å². The van der Waals surface area contributed by atoms with Gasteiger partial charge in [0.15, 0.2) is 0 Å². The van der Waals surface area contributed by atoms with Crippen LogP contribution in [0, 0.1) is 0 Å². The first kappa shape index (κ1) is 13.4. The van der Waals surface area contributed by atoms with Crippen molar-refractivity contribution in [1.82, 2.24) is 4.98 Å². The van der Waals surface area contributed by atoms with E-state index >= 15 is 0 Å². The Morgan fingerprint density at radius 3 is 2.42 bits per heavy atom. The van der Waals surface area contributed by atoms with Crippen LogP contribution in [-0.2, 0) is 6.54 Å². The molecule has 2 rings (SSSR count). The fourth-order valence-electron chi connectivity index (χ4n) is 1.52. The Balaban J connectivity index is 1.92. The Morgan fingerprint density at radius 2 is 1.84 bits per heavy atom. The van der Waals surface area contributed by atoms with Gasteiger partial charge in [-0.05, 0) is 52.3 Å². The molecule has 98 valence electrons. The number of carbonyl (C=O) groups excluding carboxylic acids is 1. The quantitative estimate of drug-likeness (QED) is 0.810. The van der Waals surface area contributed by atoms with Crippen LogP contribution in [0.15, 0.2) is 47.1 Å². The average molecular weight is 321 g/mol. The van der Waals surface area contributed by atoms with Crippen molar-refractivity contribution in [3.63, 3.8) is 0 Å². The van der Waals surface area contributed by atoms with Crippen LogP contribution in [0.1, 0.15) is 5.69 Å². The van der Waals surface area contributed by atoms with Gasteiger partial charge >= 0.3 is 6.03 Å². The lowest BCUT2D eigenvalue weighted by Crippen LogP contribution is -2.19. The first-order valence-electron chi connectivity index (χ1n) is 5.64. The average Bonchev–Trinajstić information content (AvgIpc) is 2.39. The van der Waals surface area contributed by atoms with Crippen molar-refractivity contribution in [2.45, 2.75) is 6.54 Å². The van der Waals surface area contributed by atoms with Crippen LogP contribution in [0.25, 0.3) is 0 Å². The van der Waals surface area contributed by atoms with E-state index in [9.17, 15) is 4.79 Å². The molecule has 0 saturated carbocycles. The maximum absolute atomic E-state index is 10.7. The summed E-state index contributed by atoms with van der Waals surface area (Å²) in [6, 6.07) is 10.6. The van der Waals surface area contributed by atoms with Crippen molar-refractivity contribution in [2.75, 3.05) is 10.6 Å². The largest absolute Gasteiger partial charge is 0.379 e. The number of carbonyl (C=O) groups is 1. The third kappa shape index (κ3) is 4.26. The van der Waals surface area contributed by atoms with Crippen molar-refractivity contribution in [2.24, 2.45) is 5.73 Å². The van der Waals surface area contributed by atoms with Gasteiger partial charge in [-0.25, -0.2) is 4.79 Å². The predicted molar refractivity (Wildman–Crippen MR) is 78.9 cm³/mol. The monoisotopic (exact) mass is 320 g/mol. The van der Waals surface area contributed by atoms with E-state index in [4.69, 9.17) is 5.73 Å². The fraction of sp³-hybridized carbons (Fsp3) is 0.0769. The topological polar surface area (TPSA) is 80.0 Å². The Kier molecular flexibility index (Phi) is 4.35. The molecule has 2 amide bonds. The standard InChI is InChI=1S/C13H13BrN4O/c14-9-1-2-12(16-7-9)8-17-10-3-5-11(6-4-10)18-13(15)19/h1-7,17H,8H2,(H3,15,18,19). The fourth-order valence-corrected chi connectivity index (χ4v) is 1.75. The molecular formula is C13H13BrN4O. The van der Waals surface area contributed by atoms with Gasteiger partial charge in [-0.15, -0.1) is 0 Å². The van der Waals surface area contributed by atoms with E-state index in [1.165, 1.54) is 0 Å². The van der Waals surface area contributed by atoms with E-state index in [1.54, 1.807) is 18.3 Å². The zero-order valence-electron chi connectivity index (χ0n) is 10.1. The number of hydrogen-bond donors (Lipinski definition) is 3. The van der Waals surface area contributed by atoms with Crippen molar-refractivity contribution in [3.8, 4) is 0 Å². The summed E-state index contributed by atoms with van der Waals surface area (Å²) < 4.78 is 0.957. The van der Waals surface area contributed by atoms with Gasteiger partial charge in [0, 0.05) is 22.0 Å². The van der Waals surface area contributed by atoms with Gasteiger partial charge in [-0.1, -0.05) is 0 Å². The zero-order valence-corrected chi connectivity index (χ0v) is 11.6. The minimum absolute atomic E-state index is 0.570. The highest BCUT2D eigenvalue weighted by molar-refractivity contribution is 9.10. The summed E-state index contributed by atoms with van der Waals surface area (Å²) in [4.78, 5) is 14.9. The van der Waals surface area contributed by atoms with Crippen LogP contribution in [0.3, 0.4) is 0 Å². The first-order valence-corrected chi connectivity index (χ1v) is 6.43. The molecule has 0 atom stereocenters. The highest BCUT2D eigenvalue weighted by Gasteiger charge is 1.98. The maximum Gasteiger partial charge on any atom is 0.316 e. The Labute approximate surface area is 119 Å². The lowest BCUT2D eigenvalue weighted by molar-refractivity contribution is 0.259. The molecule has 0 aliphatic heterocycles. The van der Waals surface area contributed by atoms with Crippen LogP contribution >= 0.6 is 15.9 Å². The molecule has 19 heavy (non-hydrogen) atoms. The van der Waals surface area contributed by atoms with Crippen LogP contribution in [0.5, 0.6) is 0 Å². The van der Waals surface area contributed by atoms with Gasteiger partial charge in [0.2, 0.25) is 0 Å². The van der Waals surface area contributed by atoms with E-state index < -0.39 is 6.03 Å². The Bertz CT molecular complexity index is 554. The normalized spacial score (nSPS) is 9.95. The molecule has 0 aliphatic rings. The molecule has 5 nitrogen and oxygen atoms in total. The van der Waals surface area contributed by atoms with Gasteiger partial charge < -0.3 is 16.4 Å². The smallest absolute Gasteiger partial charge is 0.316 e. The molecule has 0 saturated heterocycles.